The van der Waals surface area contributed by atoms with E-state index in [1.807, 2.05) is 31.2 Å². The summed E-state index contributed by atoms with van der Waals surface area (Å²) in [6.45, 7) is 8.14. The summed E-state index contributed by atoms with van der Waals surface area (Å²) >= 11 is 0. The molecule has 2 amide bonds. The normalized spacial score (nSPS) is 10.5. The van der Waals surface area contributed by atoms with Crippen molar-refractivity contribution in [3.63, 3.8) is 0 Å². The van der Waals surface area contributed by atoms with Gasteiger partial charge in [0.05, 0.1) is 0 Å². The quantitative estimate of drug-likeness (QED) is 0.843. The molecule has 4 heteroatoms. The number of nitrogens with zero attached hydrogens (tertiary/aromatic N) is 1. The molecule has 100 valence electrons. The van der Waals surface area contributed by atoms with Gasteiger partial charge in [-0.25, -0.2) is 4.79 Å². The first-order valence-corrected chi connectivity index (χ1v) is 6.41. The van der Waals surface area contributed by atoms with Gasteiger partial charge in [0.15, 0.2) is 0 Å². The molecule has 0 unspecified atom stereocenters. The third kappa shape index (κ3) is 4.37. The Morgan fingerprint density at radius 1 is 1.44 bits per heavy atom. The van der Waals surface area contributed by atoms with Crippen molar-refractivity contribution in [2.24, 2.45) is 11.7 Å². The highest BCUT2D eigenvalue weighted by Crippen LogP contribution is 2.11. The second-order valence-electron chi connectivity index (χ2n) is 4.77. The van der Waals surface area contributed by atoms with Crippen molar-refractivity contribution >= 4 is 11.7 Å². The van der Waals surface area contributed by atoms with Gasteiger partial charge in [-0.1, -0.05) is 26.0 Å². The minimum absolute atomic E-state index is 0.0552. The zero-order valence-corrected chi connectivity index (χ0v) is 11.4. The molecule has 0 aromatic heterocycles. The van der Waals surface area contributed by atoms with Crippen molar-refractivity contribution in [2.75, 3.05) is 18.4 Å². The SMILES string of the molecule is CCN(CC(C)C)C(=O)Nc1cccc(CN)c1. The topological polar surface area (TPSA) is 58.4 Å². The molecule has 0 saturated carbocycles. The molecule has 18 heavy (non-hydrogen) atoms. The van der Waals surface area contributed by atoms with Crippen LogP contribution in [0.25, 0.3) is 0 Å². The van der Waals surface area contributed by atoms with E-state index in [2.05, 4.69) is 19.2 Å². The van der Waals surface area contributed by atoms with Crippen molar-refractivity contribution in [3.05, 3.63) is 29.8 Å². The van der Waals surface area contributed by atoms with E-state index in [1.165, 1.54) is 0 Å². The third-order valence-electron chi connectivity index (χ3n) is 2.67. The van der Waals surface area contributed by atoms with Gasteiger partial charge in [0.1, 0.15) is 0 Å². The van der Waals surface area contributed by atoms with Crippen molar-refractivity contribution in [1.82, 2.24) is 4.90 Å². The summed E-state index contributed by atoms with van der Waals surface area (Å²) in [5.41, 5.74) is 7.39. The molecule has 1 aromatic carbocycles. The molecule has 0 bridgehead atoms. The molecule has 0 heterocycles. The van der Waals surface area contributed by atoms with Gasteiger partial charge < -0.3 is 16.0 Å². The number of hydrogen-bond acceptors (Lipinski definition) is 2. The Morgan fingerprint density at radius 3 is 2.72 bits per heavy atom. The van der Waals surface area contributed by atoms with Crippen LogP contribution < -0.4 is 11.1 Å². The predicted octanol–water partition coefficient (Wildman–Crippen LogP) is 2.66. The summed E-state index contributed by atoms with van der Waals surface area (Å²) < 4.78 is 0. The standard InChI is InChI=1S/C14H23N3O/c1-4-17(10-11(2)3)14(18)16-13-7-5-6-12(8-13)9-15/h5-8,11H,4,9-10,15H2,1-3H3,(H,16,18). The first kappa shape index (κ1) is 14.5. The Kier molecular flexibility index (Phi) is 5.65. The van der Waals surface area contributed by atoms with Gasteiger partial charge in [0.2, 0.25) is 0 Å². The molecule has 0 spiro atoms. The van der Waals surface area contributed by atoms with Crippen LogP contribution in [0.5, 0.6) is 0 Å². The van der Waals surface area contributed by atoms with Crippen LogP contribution in [0.3, 0.4) is 0 Å². The van der Waals surface area contributed by atoms with E-state index in [1.54, 1.807) is 4.90 Å². The van der Waals surface area contributed by atoms with Crippen LogP contribution in [-0.4, -0.2) is 24.0 Å². The minimum Gasteiger partial charge on any atom is -0.326 e. The van der Waals surface area contributed by atoms with Crippen LogP contribution in [0, 0.1) is 5.92 Å². The molecule has 0 aliphatic rings. The van der Waals surface area contributed by atoms with E-state index < -0.39 is 0 Å². The Labute approximate surface area is 109 Å². The monoisotopic (exact) mass is 249 g/mol. The van der Waals surface area contributed by atoms with E-state index in [4.69, 9.17) is 5.73 Å². The number of anilines is 1. The van der Waals surface area contributed by atoms with Gasteiger partial charge in [-0.05, 0) is 30.5 Å². The average Bonchev–Trinajstić information content (AvgIpc) is 2.35. The van der Waals surface area contributed by atoms with Crippen LogP contribution in [0.15, 0.2) is 24.3 Å². The highest BCUT2D eigenvalue weighted by atomic mass is 16.2. The summed E-state index contributed by atoms with van der Waals surface area (Å²) in [5.74, 6) is 0.464. The summed E-state index contributed by atoms with van der Waals surface area (Å²) in [4.78, 5) is 13.9. The maximum Gasteiger partial charge on any atom is 0.321 e. The number of amides is 2. The number of carbonyl (C=O) groups excluding carboxylic acids is 1. The molecule has 4 nitrogen and oxygen atoms in total. The van der Waals surface area contributed by atoms with Crippen molar-refractivity contribution in [2.45, 2.75) is 27.3 Å². The smallest absolute Gasteiger partial charge is 0.321 e. The second-order valence-corrected chi connectivity index (χ2v) is 4.77. The molecule has 0 fully saturated rings. The summed E-state index contributed by atoms with van der Waals surface area (Å²) in [5, 5.41) is 2.90. The first-order valence-electron chi connectivity index (χ1n) is 6.41. The number of benzene rings is 1. The maximum absolute atomic E-state index is 12.1. The summed E-state index contributed by atoms with van der Waals surface area (Å²) in [6, 6.07) is 7.57. The van der Waals surface area contributed by atoms with Crippen LogP contribution >= 0.6 is 0 Å². The Hall–Kier alpha value is -1.55. The first-order chi connectivity index (χ1) is 8.56. The van der Waals surface area contributed by atoms with E-state index in [0.29, 0.717) is 19.0 Å². The molecule has 1 aromatic rings. The zero-order valence-electron chi connectivity index (χ0n) is 11.4. The maximum atomic E-state index is 12.1. The lowest BCUT2D eigenvalue weighted by Crippen LogP contribution is -2.37. The lowest BCUT2D eigenvalue weighted by Gasteiger charge is -2.23. The number of nitrogens with one attached hydrogen (secondary N) is 1. The van der Waals surface area contributed by atoms with E-state index in [9.17, 15) is 4.79 Å². The van der Waals surface area contributed by atoms with Gasteiger partial charge in [0.25, 0.3) is 0 Å². The number of urea groups is 1. The molecule has 0 radical (unpaired) electrons. The zero-order chi connectivity index (χ0) is 13.5. The van der Waals surface area contributed by atoms with Gasteiger partial charge in [0, 0.05) is 25.3 Å². The lowest BCUT2D eigenvalue weighted by molar-refractivity contribution is 0.208. The molecule has 0 aliphatic heterocycles. The molecule has 3 N–H and O–H groups in total. The molecule has 0 aliphatic carbocycles. The fourth-order valence-corrected chi connectivity index (χ4v) is 1.77. The average molecular weight is 249 g/mol. The van der Waals surface area contributed by atoms with Gasteiger partial charge in [-0.2, -0.15) is 0 Å². The lowest BCUT2D eigenvalue weighted by atomic mass is 10.2. The molecule has 0 atom stereocenters. The van der Waals surface area contributed by atoms with Crippen LogP contribution in [-0.2, 0) is 6.54 Å². The Bertz CT molecular complexity index is 390. The van der Waals surface area contributed by atoms with E-state index in [-0.39, 0.29) is 6.03 Å². The Balaban J connectivity index is 2.67. The van der Waals surface area contributed by atoms with Crippen LogP contribution in [0.1, 0.15) is 26.3 Å². The summed E-state index contributed by atoms with van der Waals surface area (Å²) in [6.07, 6.45) is 0. The molecule has 0 saturated heterocycles. The van der Waals surface area contributed by atoms with Crippen LogP contribution in [0.4, 0.5) is 10.5 Å². The molecule has 1 rings (SSSR count). The highest BCUT2D eigenvalue weighted by molar-refractivity contribution is 5.89. The van der Waals surface area contributed by atoms with Crippen molar-refractivity contribution in [1.29, 1.82) is 0 Å². The van der Waals surface area contributed by atoms with Gasteiger partial charge in [-0.3, -0.25) is 0 Å². The highest BCUT2D eigenvalue weighted by Gasteiger charge is 2.12. The molecular formula is C14H23N3O. The number of rotatable bonds is 5. The predicted molar refractivity (Wildman–Crippen MR) is 75.4 cm³/mol. The van der Waals surface area contributed by atoms with E-state index in [0.717, 1.165) is 17.8 Å². The largest absolute Gasteiger partial charge is 0.326 e. The molecular weight excluding hydrogens is 226 g/mol. The van der Waals surface area contributed by atoms with Crippen LogP contribution in [0.2, 0.25) is 0 Å². The number of hydrogen-bond donors (Lipinski definition) is 2. The third-order valence-corrected chi connectivity index (χ3v) is 2.67. The second kappa shape index (κ2) is 7.01. The van der Waals surface area contributed by atoms with E-state index >= 15 is 0 Å². The Morgan fingerprint density at radius 2 is 2.17 bits per heavy atom. The van der Waals surface area contributed by atoms with Crippen molar-refractivity contribution < 1.29 is 4.79 Å². The summed E-state index contributed by atoms with van der Waals surface area (Å²) in [7, 11) is 0. The van der Waals surface area contributed by atoms with Crippen molar-refractivity contribution in [3.8, 4) is 0 Å². The number of carbonyl (C=O) groups is 1. The fraction of sp³-hybridized carbons (Fsp3) is 0.500. The van der Waals surface area contributed by atoms with Gasteiger partial charge in [-0.15, -0.1) is 0 Å². The minimum atomic E-state index is -0.0552. The van der Waals surface area contributed by atoms with Gasteiger partial charge >= 0.3 is 6.03 Å². The number of nitrogens with two attached hydrogens (primary N) is 1. The fourth-order valence-electron chi connectivity index (χ4n) is 1.77.